The molecule has 1 saturated heterocycles. The van der Waals surface area contributed by atoms with E-state index >= 15 is 0 Å². The van der Waals surface area contributed by atoms with E-state index in [1.807, 2.05) is 56.6 Å². The van der Waals surface area contributed by atoms with Crippen molar-refractivity contribution in [3.8, 4) is 0 Å². The summed E-state index contributed by atoms with van der Waals surface area (Å²) in [5, 5.41) is 17.7. The molecule has 9 nitrogen and oxygen atoms in total. The number of nitrogens with zero attached hydrogens (tertiary/aromatic N) is 3. The zero-order chi connectivity index (χ0) is 32.8. The van der Waals surface area contributed by atoms with Gasteiger partial charge < -0.3 is 25.1 Å². The van der Waals surface area contributed by atoms with Gasteiger partial charge in [0.1, 0.15) is 12.3 Å². The lowest BCUT2D eigenvalue weighted by Gasteiger charge is -2.26. The standard InChI is InChI=1S/C37H45N5O4/c1-24-14-28(18-29(15-24)36(45)42-13-9-12-32(42)35-40-25(2)23-46-35)34(44)41-31(17-26-10-7-6-8-11-26)33(43)22-39-20-27-16-30(21-38-19-27)37(3,4)5/h6-8,10-11,14-16,18-19,21,23,31-33,39,43H,9,12-13,17,20,22H2,1-5H3,(H,41,44)/t31-,32+,33+/m0/s1. The molecule has 2 aromatic heterocycles. The fraction of sp³-hybridized carbons (Fsp3) is 0.405. The van der Waals surface area contributed by atoms with Crippen LogP contribution in [0.15, 0.2) is 77.7 Å². The van der Waals surface area contributed by atoms with Crippen LogP contribution in [0.1, 0.15) is 94.2 Å². The number of aromatic nitrogens is 2. The van der Waals surface area contributed by atoms with Crippen molar-refractivity contribution in [2.75, 3.05) is 13.1 Å². The molecule has 3 atom stereocenters. The first-order chi connectivity index (χ1) is 22.0. The number of carbonyl (C=O) groups excluding carboxylic acids is 2. The zero-order valence-corrected chi connectivity index (χ0v) is 27.4. The molecule has 3 heterocycles. The highest BCUT2D eigenvalue weighted by Crippen LogP contribution is 2.33. The molecule has 1 aliphatic rings. The van der Waals surface area contributed by atoms with Crippen molar-refractivity contribution in [3.63, 3.8) is 0 Å². The lowest BCUT2D eigenvalue weighted by atomic mass is 9.88. The van der Waals surface area contributed by atoms with Gasteiger partial charge in [-0.05, 0) is 79.0 Å². The zero-order valence-electron chi connectivity index (χ0n) is 27.4. The number of carbonyl (C=O) groups is 2. The molecule has 0 aliphatic carbocycles. The van der Waals surface area contributed by atoms with Gasteiger partial charge >= 0.3 is 0 Å². The molecule has 4 aromatic rings. The van der Waals surface area contributed by atoms with Gasteiger partial charge in [-0.3, -0.25) is 14.6 Å². The van der Waals surface area contributed by atoms with Gasteiger partial charge in [0.15, 0.2) is 0 Å². The number of benzene rings is 2. The van der Waals surface area contributed by atoms with Crippen molar-refractivity contribution in [1.82, 2.24) is 25.5 Å². The lowest BCUT2D eigenvalue weighted by molar-refractivity contribution is 0.0715. The number of rotatable bonds is 11. The highest BCUT2D eigenvalue weighted by molar-refractivity contribution is 6.00. The number of pyridine rings is 1. The average Bonchev–Trinajstić information content (AvgIpc) is 3.69. The topological polar surface area (TPSA) is 121 Å². The molecule has 0 unspecified atom stereocenters. The molecule has 0 spiro atoms. The number of likely N-dealkylation sites (tertiary alicyclic amines) is 1. The average molecular weight is 624 g/mol. The van der Waals surface area contributed by atoms with E-state index in [0.29, 0.717) is 36.5 Å². The molecule has 1 aliphatic heterocycles. The minimum Gasteiger partial charge on any atom is -0.446 e. The first-order valence-electron chi connectivity index (χ1n) is 16.0. The molecule has 0 saturated carbocycles. The number of aryl methyl sites for hydroxylation is 2. The minimum atomic E-state index is -0.872. The van der Waals surface area contributed by atoms with E-state index in [4.69, 9.17) is 4.42 Å². The van der Waals surface area contributed by atoms with Crippen LogP contribution in [0.2, 0.25) is 0 Å². The molecule has 242 valence electrons. The Morgan fingerprint density at radius 2 is 1.80 bits per heavy atom. The van der Waals surface area contributed by atoms with Gasteiger partial charge in [-0.25, -0.2) is 4.98 Å². The Balaban J connectivity index is 1.29. The molecule has 1 fully saturated rings. The van der Waals surface area contributed by atoms with E-state index in [1.54, 1.807) is 29.4 Å². The van der Waals surface area contributed by atoms with Gasteiger partial charge in [0.2, 0.25) is 5.89 Å². The highest BCUT2D eigenvalue weighted by atomic mass is 16.3. The SMILES string of the molecule is Cc1cc(C(=O)N[C@@H](Cc2ccccc2)[C@H](O)CNCc2cncc(C(C)(C)C)c2)cc(C(=O)N2CCC[C@@H]2c2nc(C)co2)c1. The number of amides is 2. The third-order valence-corrected chi connectivity index (χ3v) is 8.44. The Labute approximate surface area is 271 Å². The summed E-state index contributed by atoms with van der Waals surface area (Å²) in [4.78, 5) is 38.1. The van der Waals surface area contributed by atoms with Gasteiger partial charge in [-0.15, -0.1) is 0 Å². The van der Waals surface area contributed by atoms with Crippen LogP contribution < -0.4 is 10.6 Å². The predicted molar refractivity (Wildman–Crippen MR) is 177 cm³/mol. The van der Waals surface area contributed by atoms with Gasteiger partial charge in [-0.2, -0.15) is 0 Å². The summed E-state index contributed by atoms with van der Waals surface area (Å²) in [6.45, 7) is 11.6. The Kier molecular flexibility index (Phi) is 10.3. The summed E-state index contributed by atoms with van der Waals surface area (Å²) >= 11 is 0. The number of hydrogen-bond donors (Lipinski definition) is 3. The Morgan fingerprint density at radius 3 is 2.52 bits per heavy atom. The van der Waals surface area contributed by atoms with Crippen LogP contribution in [0.5, 0.6) is 0 Å². The molecule has 5 rings (SSSR count). The van der Waals surface area contributed by atoms with Crippen LogP contribution in [-0.4, -0.2) is 57.0 Å². The Hall–Kier alpha value is -4.34. The van der Waals surface area contributed by atoms with E-state index in [0.717, 1.165) is 40.8 Å². The maximum absolute atomic E-state index is 13.7. The summed E-state index contributed by atoms with van der Waals surface area (Å²) in [7, 11) is 0. The monoisotopic (exact) mass is 623 g/mol. The fourth-order valence-electron chi connectivity index (χ4n) is 5.90. The molecule has 0 bridgehead atoms. The first kappa shape index (κ1) is 33.0. The van der Waals surface area contributed by atoms with E-state index in [1.165, 1.54) is 0 Å². The van der Waals surface area contributed by atoms with E-state index in [-0.39, 0.29) is 29.8 Å². The van der Waals surface area contributed by atoms with E-state index in [9.17, 15) is 14.7 Å². The summed E-state index contributed by atoms with van der Waals surface area (Å²) in [5.41, 5.74) is 5.53. The molecule has 3 N–H and O–H groups in total. The van der Waals surface area contributed by atoms with Gasteiger partial charge in [-0.1, -0.05) is 57.2 Å². The molecule has 2 aromatic carbocycles. The van der Waals surface area contributed by atoms with Gasteiger partial charge in [0.25, 0.3) is 11.8 Å². The second-order valence-electron chi connectivity index (χ2n) is 13.4. The normalized spacial score (nSPS) is 16.3. The smallest absolute Gasteiger partial charge is 0.254 e. The predicted octanol–water partition coefficient (Wildman–Crippen LogP) is 5.45. The number of aliphatic hydroxyl groups is 1. The van der Waals surface area contributed by atoms with Crippen LogP contribution in [0, 0.1) is 13.8 Å². The third kappa shape index (κ3) is 8.27. The maximum Gasteiger partial charge on any atom is 0.254 e. The van der Waals surface area contributed by atoms with E-state index < -0.39 is 12.1 Å². The number of aliphatic hydroxyl groups excluding tert-OH is 1. The van der Waals surface area contributed by atoms with Gasteiger partial charge in [0, 0.05) is 43.2 Å². The largest absolute Gasteiger partial charge is 0.446 e. The maximum atomic E-state index is 13.7. The summed E-state index contributed by atoms with van der Waals surface area (Å²) in [6.07, 6.45) is 6.50. The van der Waals surface area contributed by atoms with Crippen LogP contribution in [0.3, 0.4) is 0 Å². The summed E-state index contributed by atoms with van der Waals surface area (Å²) < 4.78 is 5.64. The molecular weight excluding hydrogens is 578 g/mol. The van der Waals surface area contributed by atoms with Crippen molar-refractivity contribution in [2.24, 2.45) is 0 Å². The number of oxazole rings is 1. The molecule has 9 heteroatoms. The summed E-state index contributed by atoms with van der Waals surface area (Å²) in [6, 6.07) is 16.3. The van der Waals surface area contributed by atoms with Crippen LogP contribution in [-0.2, 0) is 18.4 Å². The quantitative estimate of drug-likeness (QED) is 0.203. The van der Waals surface area contributed by atoms with E-state index in [2.05, 4.69) is 47.4 Å². The van der Waals surface area contributed by atoms with Crippen molar-refractivity contribution in [3.05, 3.63) is 118 Å². The Bertz CT molecular complexity index is 1640. The minimum absolute atomic E-state index is 0.0141. The van der Waals surface area contributed by atoms with Crippen molar-refractivity contribution >= 4 is 11.8 Å². The lowest BCUT2D eigenvalue weighted by Crippen LogP contribution is -2.48. The van der Waals surface area contributed by atoms with Gasteiger partial charge in [0.05, 0.1) is 17.8 Å². The number of nitrogens with one attached hydrogen (secondary N) is 2. The van der Waals surface area contributed by atoms with Crippen LogP contribution in [0.25, 0.3) is 0 Å². The molecular formula is C37H45N5O4. The third-order valence-electron chi connectivity index (χ3n) is 8.44. The second kappa shape index (κ2) is 14.4. The molecule has 0 radical (unpaired) electrons. The van der Waals surface area contributed by atoms with Crippen molar-refractivity contribution in [2.45, 2.75) is 84.0 Å². The van der Waals surface area contributed by atoms with Crippen molar-refractivity contribution < 1.29 is 19.1 Å². The molecule has 46 heavy (non-hydrogen) atoms. The van der Waals surface area contributed by atoms with Crippen LogP contribution in [0.4, 0.5) is 0 Å². The van der Waals surface area contributed by atoms with Crippen molar-refractivity contribution in [1.29, 1.82) is 0 Å². The first-order valence-corrected chi connectivity index (χ1v) is 16.0. The Morgan fingerprint density at radius 1 is 1.04 bits per heavy atom. The number of hydrogen-bond acceptors (Lipinski definition) is 7. The fourth-order valence-corrected chi connectivity index (χ4v) is 5.90. The van der Waals surface area contributed by atoms with Crippen LogP contribution >= 0.6 is 0 Å². The summed E-state index contributed by atoms with van der Waals surface area (Å²) in [5.74, 6) is 0.0331. The highest BCUT2D eigenvalue weighted by Gasteiger charge is 2.34. The second-order valence-corrected chi connectivity index (χ2v) is 13.4. The molecule has 2 amide bonds.